The number of aryl methyl sites for hydroxylation is 2. The summed E-state index contributed by atoms with van der Waals surface area (Å²) >= 11 is 0. The molecule has 1 fully saturated rings. The SMILES string of the molecule is Cc1cc(C)cc(N(C)C(=O)COc2ccccc2N(CCC2CCCCC2)C(=O)CNC(=O)Nc2cccc(CC(=O)O)c2)c1. The molecule has 1 aliphatic rings. The normalized spacial score (nSPS) is 13.0. The molecule has 46 heavy (non-hydrogen) atoms. The zero-order chi connectivity index (χ0) is 33.1. The number of ether oxygens (including phenoxy) is 1. The average Bonchev–Trinajstić information content (AvgIpc) is 3.02. The van der Waals surface area contributed by atoms with E-state index in [0.717, 1.165) is 36.1 Å². The van der Waals surface area contributed by atoms with Crippen molar-refractivity contribution < 1.29 is 29.0 Å². The van der Waals surface area contributed by atoms with E-state index >= 15 is 0 Å². The van der Waals surface area contributed by atoms with Crippen LogP contribution in [0.1, 0.15) is 55.2 Å². The van der Waals surface area contributed by atoms with Crippen LogP contribution < -0.4 is 25.2 Å². The number of nitrogens with zero attached hydrogens (tertiary/aromatic N) is 2. The lowest BCUT2D eigenvalue weighted by atomic mass is 9.87. The molecular formula is C36H44N4O6. The highest BCUT2D eigenvalue weighted by Crippen LogP contribution is 2.31. The smallest absolute Gasteiger partial charge is 0.319 e. The van der Waals surface area contributed by atoms with Gasteiger partial charge in [-0.15, -0.1) is 0 Å². The summed E-state index contributed by atoms with van der Waals surface area (Å²) in [5, 5.41) is 14.4. The lowest BCUT2D eigenvalue weighted by molar-refractivity contribution is -0.136. The van der Waals surface area contributed by atoms with Crippen LogP contribution in [0.4, 0.5) is 21.9 Å². The minimum Gasteiger partial charge on any atom is -0.482 e. The number of nitrogens with one attached hydrogen (secondary N) is 2. The maximum absolute atomic E-state index is 13.7. The van der Waals surface area contributed by atoms with Crippen LogP contribution >= 0.6 is 0 Å². The van der Waals surface area contributed by atoms with Gasteiger partial charge in [-0.2, -0.15) is 0 Å². The first-order valence-corrected chi connectivity index (χ1v) is 15.8. The van der Waals surface area contributed by atoms with E-state index in [9.17, 15) is 19.2 Å². The number of carboxylic acids is 1. The minimum atomic E-state index is -0.970. The van der Waals surface area contributed by atoms with Gasteiger partial charge < -0.3 is 30.3 Å². The number of benzene rings is 3. The molecule has 0 saturated heterocycles. The highest BCUT2D eigenvalue weighted by molar-refractivity contribution is 5.99. The number of para-hydroxylation sites is 2. The van der Waals surface area contributed by atoms with E-state index in [1.165, 1.54) is 19.3 Å². The van der Waals surface area contributed by atoms with Crippen molar-refractivity contribution in [2.45, 2.75) is 58.8 Å². The van der Waals surface area contributed by atoms with Gasteiger partial charge in [-0.1, -0.05) is 62.4 Å². The first kappa shape index (κ1) is 34.0. The molecule has 244 valence electrons. The predicted molar refractivity (Wildman–Crippen MR) is 180 cm³/mol. The molecule has 0 unspecified atom stereocenters. The second-order valence-corrected chi connectivity index (χ2v) is 12.0. The summed E-state index contributed by atoms with van der Waals surface area (Å²) < 4.78 is 6.04. The topological polar surface area (TPSA) is 128 Å². The number of amides is 4. The Hall–Kier alpha value is -4.86. The van der Waals surface area contributed by atoms with Crippen LogP contribution in [0.3, 0.4) is 0 Å². The summed E-state index contributed by atoms with van der Waals surface area (Å²) in [4.78, 5) is 53.8. The molecule has 0 spiro atoms. The fourth-order valence-corrected chi connectivity index (χ4v) is 5.85. The fourth-order valence-electron chi connectivity index (χ4n) is 5.85. The number of hydrogen-bond acceptors (Lipinski definition) is 5. The van der Waals surface area contributed by atoms with Gasteiger partial charge in [0.25, 0.3) is 5.91 Å². The highest BCUT2D eigenvalue weighted by atomic mass is 16.5. The number of carbonyl (C=O) groups is 4. The number of likely N-dealkylation sites (N-methyl/N-ethyl adjacent to an activating group) is 1. The Morgan fingerprint density at radius 3 is 2.33 bits per heavy atom. The molecule has 0 radical (unpaired) electrons. The lowest BCUT2D eigenvalue weighted by Gasteiger charge is -2.29. The Kier molecular flexibility index (Phi) is 12.2. The van der Waals surface area contributed by atoms with Crippen molar-refractivity contribution in [1.29, 1.82) is 0 Å². The fraction of sp³-hybridized carbons (Fsp3) is 0.389. The van der Waals surface area contributed by atoms with Gasteiger partial charge in [-0.3, -0.25) is 14.4 Å². The Bertz CT molecular complexity index is 1510. The Balaban J connectivity index is 1.45. The molecule has 0 heterocycles. The lowest BCUT2D eigenvalue weighted by Crippen LogP contribution is -2.42. The van der Waals surface area contributed by atoms with Crippen molar-refractivity contribution in [1.82, 2.24) is 5.32 Å². The highest BCUT2D eigenvalue weighted by Gasteiger charge is 2.23. The summed E-state index contributed by atoms with van der Waals surface area (Å²) in [7, 11) is 1.71. The number of carbonyl (C=O) groups excluding carboxylic acids is 3. The van der Waals surface area contributed by atoms with Crippen LogP contribution in [0, 0.1) is 19.8 Å². The van der Waals surface area contributed by atoms with E-state index in [4.69, 9.17) is 9.84 Å². The van der Waals surface area contributed by atoms with E-state index in [2.05, 4.69) is 10.6 Å². The molecule has 4 amide bonds. The summed E-state index contributed by atoms with van der Waals surface area (Å²) in [6.45, 7) is 3.93. The van der Waals surface area contributed by atoms with Crippen LogP contribution in [0.15, 0.2) is 66.7 Å². The van der Waals surface area contributed by atoms with Crippen molar-refractivity contribution in [2.24, 2.45) is 5.92 Å². The standard InChI is InChI=1S/C36H44N4O6/c1-25-18-26(2)20-30(19-25)39(3)34(42)24-46-32-15-8-7-14-31(32)40(17-16-27-10-5-4-6-11-27)33(41)23-37-36(45)38-29-13-9-12-28(21-29)22-35(43)44/h7-9,12-15,18-21,27H,4-6,10-11,16-17,22-24H2,1-3H3,(H,43,44)(H2,37,38,45). The largest absolute Gasteiger partial charge is 0.482 e. The van der Waals surface area contributed by atoms with E-state index in [1.54, 1.807) is 59.3 Å². The second-order valence-electron chi connectivity index (χ2n) is 12.0. The number of carboxylic acid groups (broad SMARTS) is 1. The molecule has 0 bridgehead atoms. The van der Waals surface area contributed by atoms with Gasteiger partial charge in [0.15, 0.2) is 6.61 Å². The number of urea groups is 1. The molecule has 3 aromatic rings. The van der Waals surface area contributed by atoms with Crippen LogP contribution in [-0.4, -0.2) is 55.7 Å². The van der Waals surface area contributed by atoms with Gasteiger partial charge in [0.1, 0.15) is 5.75 Å². The summed E-state index contributed by atoms with van der Waals surface area (Å²) in [6, 6.07) is 19.1. The number of anilines is 3. The van der Waals surface area contributed by atoms with Crippen molar-refractivity contribution in [3.05, 3.63) is 83.4 Å². The van der Waals surface area contributed by atoms with Gasteiger partial charge in [-0.25, -0.2) is 4.79 Å². The van der Waals surface area contributed by atoms with Gasteiger partial charge in [-0.05, 0) is 79.3 Å². The van der Waals surface area contributed by atoms with Gasteiger partial charge in [0.05, 0.1) is 18.7 Å². The van der Waals surface area contributed by atoms with Crippen molar-refractivity contribution >= 4 is 40.9 Å². The molecule has 1 aliphatic carbocycles. The van der Waals surface area contributed by atoms with Gasteiger partial charge in [0, 0.05) is 25.0 Å². The molecular weight excluding hydrogens is 584 g/mol. The Morgan fingerprint density at radius 2 is 1.61 bits per heavy atom. The van der Waals surface area contributed by atoms with E-state index in [1.807, 2.05) is 38.1 Å². The first-order valence-electron chi connectivity index (χ1n) is 15.8. The van der Waals surface area contributed by atoms with Crippen LogP contribution in [0.2, 0.25) is 0 Å². The molecule has 0 aromatic heterocycles. The molecule has 10 heteroatoms. The van der Waals surface area contributed by atoms with E-state index in [0.29, 0.717) is 35.2 Å². The molecule has 0 atom stereocenters. The first-order chi connectivity index (χ1) is 22.1. The monoisotopic (exact) mass is 628 g/mol. The zero-order valence-corrected chi connectivity index (χ0v) is 26.9. The van der Waals surface area contributed by atoms with Crippen LogP contribution in [0.5, 0.6) is 5.75 Å². The molecule has 3 N–H and O–H groups in total. The predicted octanol–water partition coefficient (Wildman–Crippen LogP) is 6.10. The van der Waals surface area contributed by atoms with Crippen molar-refractivity contribution in [3.8, 4) is 5.75 Å². The zero-order valence-electron chi connectivity index (χ0n) is 26.9. The molecule has 3 aromatic carbocycles. The second kappa shape index (κ2) is 16.5. The van der Waals surface area contributed by atoms with Crippen molar-refractivity contribution in [3.63, 3.8) is 0 Å². The maximum atomic E-state index is 13.7. The number of aliphatic carboxylic acids is 1. The third-order valence-electron chi connectivity index (χ3n) is 8.20. The molecule has 10 nitrogen and oxygen atoms in total. The minimum absolute atomic E-state index is 0.166. The number of hydrogen-bond donors (Lipinski definition) is 3. The van der Waals surface area contributed by atoms with Crippen molar-refractivity contribution in [2.75, 3.05) is 41.9 Å². The van der Waals surface area contributed by atoms with Gasteiger partial charge >= 0.3 is 12.0 Å². The average molecular weight is 629 g/mol. The summed E-state index contributed by atoms with van der Waals surface area (Å²) in [6.07, 6.45) is 6.51. The van der Waals surface area contributed by atoms with Crippen LogP contribution in [0.25, 0.3) is 0 Å². The van der Waals surface area contributed by atoms with Crippen LogP contribution in [-0.2, 0) is 20.8 Å². The third kappa shape index (κ3) is 10.1. The molecule has 0 aliphatic heterocycles. The quantitative estimate of drug-likeness (QED) is 0.210. The summed E-state index contributed by atoms with van der Waals surface area (Å²) in [5.74, 6) is -0.602. The maximum Gasteiger partial charge on any atom is 0.319 e. The van der Waals surface area contributed by atoms with Gasteiger partial charge in [0.2, 0.25) is 5.91 Å². The Morgan fingerprint density at radius 1 is 0.891 bits per heavy atom. The third-order valence-corrected chi connectivity index (χ3v) is 8.20. The summed E-state index contributed by atoms with van der Waals surface area (Å²) in [5.41, 5.74) is 4.40. The molecule has 1 saturated carbocycles. The Labute approximate surface area is 270 Å². The van der Waals surface area contributed by atoms with E-state index < -0.39 is 12.0 Å². The van der Waals surface area contributed by atoms with E-state index in [-0.39, 0.29) is 31.4 Å². The number of rotatable bonds is 13. The molecule has 4 rings (SSSR count).